The first-order chi connectivity index (χ1) is 31.4. The van der Waals surface area contributed by atoms with Gasteiger partial charge in [-0.1, -0.05) is 176 Å². The van der Waals surface area contributed by atoms with Crippen molar-refractivity contribution >= 4 is 5.76 Å². The molecule has 3 nitrogen and oxygen atoms in total. The Morgan fingerprint density at radius 2 is 0.818 bits per heavy atom. The van der Waals surface area contributed by atoms with Crippen molar-refractivity contribution in [1.29, 1.82) is 0 Å². The standard InChI is InChI=1S/C49H30F6N.C7H7NO.Ir/c50-48(51,52)39-28-38(29-40(30-39)49(53,54)55)41-27-26-37(31-56-41)47-45(35-22-12-4-13-23-35)43(33-18-8-2-9-19-33)42(32-16-6-1-7-17-32)44(34-20-10-3-11-21-34)46(47)36-24-14-5-15-25-36;1-6(9)7-4-2-3-5-8-7;/h1-28,30-31H;2-5,9H,1H2;/q-1;;. The Morgan fingerprint density at radius 1 is 0.439 bits per heavy atom. The van der Waals surface area contributed by atoms with Crippen molar-refractivity contribution in [2.24, 2.45) is 0 Å². The fourth-order valence-corrected chi connectivity index (χ4v) is 7.76. The Morgan fingerprint density at radius 3 is 1.11 bits per heavy atom. The number of hydrogen-bond donors (Lipinski definition) is 1. The van der Waals surface area contributed by atoms with E-state index < -0.39 is 29.0 Å². The second-order valence-electron chi connectivity index (χ2n) is 14.9. The summed E-state index contributed by atoms with van der Waals surface area (Å²) >= 11 is 0. The van der Waals surface area contributed by atoms with Crippen molar-refractivity contribution in [3.63, 3.8) is 0 Å². The molecule has 9 aromatic rings. The van der Waals surface area contributed by atoms with Crippen molar-refractivity contribution < 1.29 is 51.6 Å². The van der Waals surface area contributed by atoms with Gasteiger partial charge in [0.15, 0.2) is 0 Å². The zero-order valence-electron chi connectivity index (χ0n) is 34.8. The van der Waals surface area contributed by atoms with E-state index in [4.69, 9.17) is 5.11 Å². The summed E-state index contributed by atoms with van der Waals surface area (Å²) in [5.74, 6) is 0.00981. The molecule has 66 heavy (non-hydrogen) atoms. The van der Waals surface area contributed by atoms with Crippen LogP contribution < -0.4 is 0 Å². The van der Waals surface area contributed by atoms with E-state index in [1.54, 1.807) is 30.5 Å². The molecule has 1 radical (unpaired) electrons. The van der Waals surface area contributed by atoms with Gasteiger partial charge in [-0.3, -0.25) is 4.98 Å². The Labute approximate surface area is 391 Å². The predicted octanol–water partition coefficient (Wildman–Crippen LogP) is 16.2. The molecule has 7 aromatic carbocycles. The minimum absolute atomic E-state index is 0. The quantitative estimate of drug-likeness (QED) is 0.0937. The molecule has 0 spiro atoms. The van der Waals surface area contributed by atoms with Crippen molar-refractivity contribution in [2.45, 2.75) is 12.4 Å². The molecule has 0 saturated heterocycles. The SMILES string of the molecule is C=C(O)c1ccccn1.FC(F)(F)c1[c-]c(-c2ccc(-c3c(-c4ccccc4)c(-c4ccccc4)c(-c4ccccc4)c(-c4ccccc4)c3-c3ccccc3)cn2)cc(C(F)(F)F)c1.[Ir]. The van der Waals surface area contributed by atoms with Crippen LogP contribution in [0.5, 0.6) is 0 Å². The van der Waals surface area contributed by atoms with E-state index in [-0.39, 0.29) is 37.6 Å². The number of aliphatic hydroxyl groups excluding tert-OH is 1. The molecule has 1 N–H and O–H groups in total. The van der Waals surface area contributed by atoms with Crippen molar-refractivity contribution in [1.82, 2.24) is 9.97 Å². The normalized spacial score (nSPS) is 11.2. The molecule has 0 aliphatic rings. The number of halogens is 6. The second kappa shape index (κ2) is 20.2. The molecule has 10 heteroatoms. The number of alkyl halides is 6. The maximum absolute atomic E-state index is 13.9. The van der Waals surface area contributed by atoms with Gasteiger partial charge in [0.05, 0.1) is 0 Å². The third-order valence-electron chi connectivity index (χ3n) is 10.6. The molecule has 2 heterocycles. The smallest absolute Gasteiger partial charge is 0.399 e. The number of hydrogen-bond acceptors (Lipinski definition) is 3. The summed E-state index contributed by atoms with van der Waals surface area (Å²) in [6.07, 6.45) is -6.93. The second-order valence-corrected chi connectivity index (χ2v) is 14.9. The monoisotopic (exact) mass is 1060 g/mol. The fraction of sp³-hybridized carbons (Fsp3) is 0.0357. The molecule has 0 aliphatic heterocycles. The van der Waals surface area contributed by atoms with Crippen molar-refractivity contribution in [2.75, 3.05) is 0 Å². The van der Waals surface area contributed by atoms with Crippen LogP contribution in [0.2, 0.25) is 0 Å². The zero-order chi connectivity index (χ0) is 45.6. The molecule has 0 saturated carbocycles. The van der Waals surface area contributed by atoms with Crippen LogP contribution in [0.3, 0.4) is 0 Å². The molecule has 0 aliphatic carbocycles. The van der Waals surface area contributed by atoms with E-state index in [1.165, 1.54) is 12.3 Å². The molecule has 2 aromatic heterocycles. The molecule has 9 rings (SSSR count). The summed E-state index contributed by atoms with van der Waals surface area (Å²) in [6, 6.07) is 61.5. The van der Waals surface area contributed by atoms with Gasteiger partial charge in [-0.05, 0) is 90.2 Å². The first-order valence-corrected chi connectivity index (χ1v) is 20.4. The third-order valence-corrected chi connectivity index (χ3v) is 10.6. The van der Waals surface area contributed by atoms with E-state index in [0.717, 1.165) is 61.2 Å². The molecule has 0 atom stereocenters. The maximum atomic E-state index is 13.9. The summed E-state index contributed by atoms with van der Waals surface area (Å²) in [5.41, 5.74) is 7.82. The topological polar surface area (TPSA) is 46.0 Å². The first kappa shape index (κ1) is 46.6. The van der Waals surface area contributed by atoms with Crippen LogP contribution >= 0.6 is 0 Å². The van der Waals surface area contributed by atoms with Crippen LogP contribution in [0, 0.1) is 6.07 Å². The van der Waals surface area contributed by atoms with Crippen LogP contribution in [0.25, 0.3) is 83.8 Å². The van der Waals surface area contributed by atoms with Crippen molar-refractivity contribution in [3.05, 3.63) is 236 Å². The summed E-state index contributed by atoms with van der Waals surface area (Å²) in [5, 5.41) is 8.77. The largest absolute Gasteiger partial charge is 0.506 e. The Balaban J connectivity index is 0.000000581. The fourth-order valence-electron chi connectivity index (χ4n) is 7.76. The summed E-state index contributed by atoms with van der Waals surface area (Å²) in [6.45, 7) is 3.32. The summed E-state index contributed by atoms with van der Waals surface area (Å²) in [4.78, 5) is 8.39. The number of rotatable bonds is 8. The molecule has 0 bridgehead atoms. The Bertz CT molecular complexity index is 2900. The van der Waals surface area contributed by atoms with E-state index in [2.05, 4.69) is 59.0 Å². The average Bonchev–Trinajstić information content (AvgIpc) is 3.34. The van der Waals surface area contributed by atoms with Crippen LogP contribution in [0.15, 0.2) is 213 Å². The predicted molar refractivity (Wildman–Crippen MR) is 247 cm³/mol. The van der Waals surface area contributed by atoms with Gasteiger partial charge in [-0.15, -0.1) is 23.8 Å². The average molecular weight is 1060 g/mol. The molecule has 0 unspecified atom stereocenters. The van der Waals surface area contributed by atoms with Crippen LogP contribution in [-0.2, 0) is 32.5 Å². The number of aromatic nitrogens is 2. The minimum Gasteiger partial charge on any atom is -0.506 e. The molecule has 329 valence electrons. The Hall–Kier alpha value is -7.39. The minimum atomic E-state index is -5.05. The van der Waals surface area contributed by atoms with Crippen LogP contribution in [0.4, 0.5) is 26.3 Å². The number of aliphatic hydroxyl groups is 1. The molecular weight excluding hydrogens is 1020 g/mol. The third kappa shape index (κ3) is 10.3. The van der Waals surface area contributed by atoms with Crippen LogP contribution in [0.1, 0.15) is 16.8 Å². The number of pyridine rings is 2. The van der Waals surface area contributed by atoms with Gasteiger partial charge in [-0.2, -0.15) is 26.3 Å². The van der Waals surface area contributed by atoms with Gasteiger partial charge in [-0.25, -0.2) is 0 Å². The van der Waals surface area contributed by atoms with Gasteiger partial charge in [0.2, 0.25) is 0 Å². The van der Waals surface area contributed by atoms with Gasteiger partial charge in [0.25, 0.3) is 0 Å². The van der Waals surface area contributed by atoms with E-state index >= 15 is 0 Å². The molecule has 0 fully saturated rings. The first-order valence-electron chi connectivity index (χ1n) is 20.4. The zero-order valence-corrected chi connectivity index (χ0v) is 37.2. The molecule has 0 amide bonds. The van der Waals surface area contributed by atoms with Crippen molar-refractivity contribution in [3.8, 4) is 78.0 Å². The molecular formula is C56H37F6IrN2O-. The maximum Gasteiger partial charge on any atom is 0.399 e. The van der Waals surface area contributed by atoms with E-state index in [1.807, 2.05) is 115 Å². The number of benzene rings is 7. The van der Waals surface area contributed by atoms with Gasteiger partial charge in [0.1, 0.15) is 11.5 Å². The van der Waals surface area contributed by atoms with Crippen LogP contribution in [-0.4, -0.2) is 15.1 Å². The summed E-state index contributed by atoms with van der Waals surface area (Å²) < 4.78 is 83.1. The number of nitrogens with zero attached hydrogens (tertiary/aromatic N) is 2. The van der Waals surface area contributed by atoms with Gasteiger partial charge in [0, 0.05) is 38.1 Å². The summed E-state index contributed by atoms with van der Waals surface area (Å²) in [7, 11) is 0. The van der Waals surface area contributed by atoms with E-state index in [0.29, 0.717) is 17.3 Å². The Kier molecular flexibility index (Phi) is 14.3. The van der Waals surface area contributed by atoms with Gasteiger partial charge >= 0.3 is 12.4 Å². The van der Waals surface area contributed by atoms with E-state index in [9.17, 15) is 26.3 Å². The van der Waals surface area contributed by atoms with Gasteiger partial charge < -0.3 is 10.1 Å².